The maximum absolute atomic E-state index is 12.9. The highest BCUT2D eigenvalue weighted by atomic mass is 127. The first-order valence-corrected chi connectivity index (χ1v) is 9.10. The zero-order valence-corrected chi connectivity index (χ0v) is 18.3. The van der Waals surface area contributed by atoms with E-state index in [1.54, 1.807) is 12.1 Å². The third kappa shape index (κ3) is 10.6. The minimum Gasteiger partial charge on any atom is -0.357 e. The number of hydrogen-bond donors (Lipinski definition) is 2. The van der Waals surface area contributed by atoms with Crippen LogP contribution in [0, 0.1) is 5.82 Å². The van der Waals surface area contributed by atoms with Crippen molar-refractivity contribution in [3.05, 3.63) is 35.6 Å². The molecule has 0 spiro atoms. The summed E-state index contributed by atoms with van der Waals surface area (Å²) in [6.45, 7) is 13.4. The van der Waals surface area contributed by atoms with Gasteiger partial charge in [0, 0.05) is 12.6 Å². The Hall–Kier alpha value is -0.890. The molecule has 0 aliphatic rings. The Morgan fingerprint density at radius 3 is 2.36 bits per heavy atom. The van der Waals surface area contributed by atoms with E-state index in [2.05, 4.69) is 48.2 Å². The van der Waals surface area contributed by atoms with Crippen LogP contribution in [0.4, 0.5) is 4.39 Å². The predicted octanol–water partition coefficient (Wildman–Crippen LogP) is 4.01. The van der Waals surface area contributed by atoms with Crippen LogP contribution in [0.25, 0.3) is 0 Å². The van der Waals surface area contributed by atoms with E-state index in [-0.39, 0.29) is 29.8 Å². The van der Waals surface area contributed by atoms with Gasteiger partial charge in [0.1, 0.15) is 5.82 Å². The molecule has 0 radical (unpaired) electrons. The molecule has 0 fully saturated rings. The van der Waals surface area contributed by atoms with Gasteiger partial charge in [-0.25, -0.2) is 9.38 Å². The quantitative estimate of drug-likeness (QED) is 0.312. The van der Waals surface area contributed by atoms with Crippen molar-refractivity contribution in [2.45, 2.75) is 53.1 Å². The van der Waals surface area contributed by atoms with E-state index in [9.17, 15) is 4.39 Å². The Morgan fingerprint density at radius 1 is 1.16 bits per heavy atom. The summed E-state index contributed by atoms with van der Waals surface area (Å²) in [5, 5.41) is 6.73. The molecule has 6 heteroatoms. The van der Waals surface area contributed by atoms with Crippen molar-refractivity contribution in [3.63, 3.8) is 0 Å². The molecule has 1 atom stereocenters. The van der Waals surface area contributed by atoms with Crippen molar-refractivity contribution in [2.75, 3.05) is 26.2 Å². The number of halogens is 2. The molecule has 1 aromatic rings. The summed E-state index contributed by atoms with van der Waals surface area (Å²) < 4.78 is 12.9. The van der Waals surface area contributed by atoms with Crippen LogP contribution in [0.2, 0.25) is 0 Å². The SMILES string of the molecule is CCNC(=NCc1ccc(F)cc1)NC(C)CCCN(CC)CC.I. The van der Waals surface area contributed by atoms with E-state index in [0.29, 0.717) is 12.6 Å². The van der Waals surface area contributed by atoms with Crippen LogP contribution in [-0.2, 0) is 6.54 Å². The lowest BCUT2D eigenvalue weighted by atomic mass is 10.2. The van der Waals surface area contributed by atoms with Gasteiger partial charge in [0.05, 0.1) is 6.54 Å². The number of rotatable bonds is 10. The summed E-state index contributed by atoms with van der Waals surface area (Å²) in [6.07, 6.45) is 2.28. The summed E-state index contributed by atoms with van der Waals surface area (Å²) in [4.78, 5) is 7.04. The van der Waals surface area contributed by atoms with Gasteiger partial charge in [0.2, 0.25) is 0 Å². The zero-order chi connectivity index (χ0) is 17.8. The first kappa shape index (κ1) is 24.1. The lowest BCUT2D eigenvalue weighted by Gasteiger charge is -2.21. The number of benzene rings is 1. The molecule has 25 heavy (non-hydrogen) atoms. The van der Waals surface area contributed by atoms with Gasteiger partial charge in [-0.05, 0) is 64.0 Å². The van der Waals surface area contributed by atoms with Gasteiger partial charge in [-0.3, -0.25) is 0 Å². The summed E-state index contributed by atoms with van der Waals surface area (Å²) in [5.41, 5.74) is 1.00. The van der Waals surface area contributed by atoms with Crippen LogP contribution in [0.1, 0.15) is 46.1 Å². The zero-order valence-electron chi connectivity index (χ0n) is 16.0. The number of nitrogens with one attached hydrogen (secondary N) is 2. The molecule has 4 nitrogen and oxygen atoms in total. The van der Waals surface area contributed by atoms with E-state index in [1.165, 1.54) is 18.6 Å². The van der Waals surface area contributed by atoms with Gasteiger partial charge < -0.3 is 15.5 Å². The molecule has 1 rings (SSSR count). The second-order valence-corrected chi connectivity index (χ2v) is 6.04. The van der Waals surface area contributed by atoms with E-state index in [1.807, 2.05) is 0 Å². The van der Waals surface area contributed by atoms with Crippen LogP contribution in [0.5, 0.6) is 0 Å². The van der Waals surface area contributed by atoms with Crippen LogP contribution in [0.15, 0.2) is 29.3 Å². The van der Waals surface area contributed by atoms with Crippen molar-refractivity contribution in [2.24, 2.45) is 4.99 Å². The molecule has 2 N–H and O–H groups in total. The first-order valence-electron chi connectivity index (χ1n) is 9.10. The standard InChI is InChI=1S/C19H33FN4.HI/c1-5-21-19(22-15-17-10-12-18(20)13-11-17)23-16(4)9-8-14-24(6-2)7-3;/h10-13,16H,5-9,14-15H2,1-4H3,(H2,21,22,23);1H. The number of aliphatic imine (C=N–C) groups is 1. The van der Waals surface area contributed by atoms with Gasteiger partial charge in [0.25, 0.3) is 0 Å². The molecule has 1 aromatic carbocycles. The van der Waals surface area contributed by atoms with Crippen molar-refractivity contribution >= 4 is 29.9 Å². The van der Waals surface area contributed by atoms with Crippen LogP contribution < -0.4 is 10.6 Å². The number of hydrogen-bond acceptors (Lipinski definition) is 2. The largest absolute Gasteiger partial charge is 0.357 e. The van der Waals surface area contributed by atoms with E-state index >= 15 is 0 Å². The molecular weight excluding hydrogens is 430 g/mol. The van der Waals surface area contributed by atoms with Gasteiger partial charge in [0.15, 0.2) is 5.96 Å². The van der Waals surface area contributed by atoms with Crippen LogP contribution >= 0.6 is 24.0 Å². The summed E-state index contributed by atoms with van der Waals surface area (Å²) in [6, 6.07) is 6.86. The fourth-order valence-electron chi connectivity index (χ4n) is 2.55. The maximum Gasteiger partial charge on any atom is 0.191 e. The molecule has 0 heterocycles. The number of nitrogens with zero attached hydrogens (tertiary/aromatic N) is 2. The highest BCUT2D eigenvalue weighted by molar-refractivity contribution is 14.0. The van der Waals surface area contributed by atoms with Gasteiger partial charge in [-0.15, -0.1) is 24.0 Å². The second kappa shape index (κ2) is 14.3. The second-order valence-electron chi connectivity index (χ2n) is 6.04. The highest BCUT2D eigenvalue weighted by Crippen LogP contribution is 2.04. The highest BCUT2D eigenvalue weighted by Gasteiger charge is 2.06. The minimum absolute atomic E-state index is 0. The summed E-state index contributed by atoms with van der Waals surface area (Å²) >= 11 is 0. The first-order chi connectivity index (χ1) is 11.6. The fraction of sp³-hybridized carbons (Fsp3) is 0.632. The molecular formula is C19H34FIN4. The maximum atomic E-state index is 12.9. The van der Waals surface area contributed by atoms with E-state index in [0.717, 1.165) is 44.1 Å². The fourth-order valence-corrected chi connectivity index (χ4v) is 2.55. The third-order valence-electron chi connectivity index (χ3n) is 4.07. The normalized spacial score (nSPS) is 12.6. The van der Waals surface area contributed by atoms with Crippen molar-refractivity contribution in [1.29, 1.82) is 0 Å². The van der Waals surface area contributed by atoms with Crippen molar-refractivity contribution in [3.8, 4) is 0 Å². The van der Waals surface area contributed by atoms with Gasteiger partial charge >= 0.3 is 0 Å². The topological polar surface area (TPSA) is 39.7 Å². The molecule has 1 unspecified atom stereocenters. The Labute approximate surface area is 169 Å². The average Bonchev–Trinajstić information content (AvgIpc) is 2.58. The Kier molecular flexibility index (Phi) is 13.8. The Balaban J connectivity index is 0.00000576. The molecule has 0 saturated heterocycles. The Morgan fingerprint density at radius 2 is 1.80 bits per heavy atom. The Bertz CT molecular complexity index is 475. The van der Waals surface area contributed by atoms with E-state index < -0.39 is 0 Å². The third-order valence-corrected chi connectivity index (χ3v) is 4.07. The molecule has 0 amide bonds. The molecule has 144 valence electrons. The van der Waals surface area contributed by atoms with Crippen molar-refractivity contribution in [1.82, 2.24) is 15.5 Å². The molecule has 0 bridgehead atoms. The van der Waals surface area contributed by atoms with Crippen molar-refractivity contribution < 1.29 is 4.39 Å². The number of guanidine groups is 1. The molecule has 0 saturated carbocycles. The molecule has 0 aromatic heterocycles. The summed E-state index contributed by atoms with van der Waals surface area (Å²) in [5.74, 6) is 0.603. The lowest BCUT2D eigenvalue weighted by molar-refractivity contribution is 0.292. The van der Waals surface area contributed by atoms with E-state index in [4.69, 9.17) is 0 Å². The molecule has 0 aliphatic carbocycles. The van der Waals surface area contributed by atoms with Gasteiger partial charge in [-0.2, -0.15) is 0 Å². The smallest absolute Gasteiger partial charge is 0.191 e. The minimum atomic E-state index is -0.213. The monoisotopic (exact) mass is 464 g/mol. The molecule has 0 aliphatic heterocycles. The lowest BCUT2D eigenvalue weighted by Crippen LogP contribution is -2.42. The average molecular weight is 464 g/mol. The summed E-state index contributed by atoms with van der Waals surface area (Å²) in [7, 11) is 0. The van der Waals surface area contributed by atoms with Gasteiger partial charge in [-0.1, -0.05) is 26.0 Å². The van der Waals surface area contributed by atoms with Crippen LogP contribution in [0.3, 0.4) is 0 Å². The van der Waals surface area contributed by atoms with Crippen LogP contribution in [-0.4, -0.2) is 43.1 Å². The predicted molar refractivity (Wildman–Crippen MR) is 116 cm³/mol.